The van der Waals surface area contributed by atoms with Crippen LogP contribution in [0.25, 0.3) is 5.57 Å². The molecule has 76 heavy (non-hydrogen) atoms. The van der Waals surface area contributed by atoms with E-state index in [9.17, 15) is 29.1 Å². The van der Waals surface area contributed by atoms with Crippen molar-refractivity contribution in [1.82, 2.24) is 20.4 Å². The topological polar surface area (TPSA) is 219 Å². The summed E-state index contributed by atoms with van der Waals surface area (Å²) >= 11 is 0. The number of nitrogens with zero attached hydrogens (tertiary/aromatic N) is 3. The molecule has 4 aromatic rings. The summed E-state index contributed by atoms with van der Waals surface area (Å²) in [6.45, 7) is 5.82. The van der Waals surface area contributed by atoms with E-state index >= 15 is 0 Å². The lowest BCUT2D eigenvalue weighted by molar-refractivity contribution is -0.128. The molecule has 1 saturated carbocycles. The van der Waals surface area contributed by atoms with Crippen LogP contribution in [0, 0.1) is 11.3 Å². The van der Waals surface area contributed by atoms with Gasteiger partial charge in [-0.2, -0.15) is 0 Å². The van der Waals surface area contributed by atoms with E-state index in [0.29, 0.717) is 72.8 Å². The fraction of sp³-hybridized carbons (Fsp3) is 0.456. The van der Waals surface area contributed by atoms with Gasteiger partial charge in [-0.3, -0.25) is 19.2 Å². The van der Waals surface area contributed by atoms with E-state index in [1.165, 1.54) is 20.3 Å². The number of amides is 5. The molecule has 5 heterocycles. The Morgan fingerprint density at radius 3 is 2.24 bits per heavy atom. The van der Waals surface area contributed by atoms with Crippen LogP contribution in [-0.2, 0) is 20.9 Å². The summed E-state index contributed by atoms with van der Waals surface area (Å²) < 4.78 is 35.2. The molecule has 6 atom stereocenters. The van der Waals surface area contributed by atoms with E-state index < -0.39 is 24.4 Å². The van der Waals surface area contributed by atoms with Crippen molar-refractivity contribution in [2.24, 2.45) is 11.3 Å². The number of carbonyl (C=O) groups excluding carboxylic acids is 5. The standard InChI is InChI=1S/C57H67N7O12/c1-6-33(2)50(61-51(65)42-9-7-20-58-42)52(66)60-37-14-10-34(11-15-37)31-76-56(70)64-44-27-49(47(73-5)25-41(44)54(68)63-32-57(18-19-57)28-45(63)55(64)69)75-22-8-21-74-48-26-43-40(24-46(48)72-4)53(67)62-30-36(23-38(62)29-59-43)35-12-16-39(71-3)17-13-35/h10-17,24-27,30,33,38,42,45,50,55,58-59,69H,6-9,18-23,28-29,31-32H2,1-5H3,(H,60,66)(H,61,65)/t33-,38-,42-,45-,50-,55?/m0/s1. The number of carbonyl (C=O) groups is 5. The van der Waals surface area contributed by atoms with Gasteiger partial charge in [0, 0.05) is 43.5 Å². The Morgan fingerprint density at radius 2 is 1.58 bits per heavy atom. The Bertz CT molecular complexity index is 2880. The Morgan fingerprint density at radius 1 is 0.868 bits per heavy atom. The number of methoxy groups -OCH3 is 3. The second-order valence-electron chi connectivity index (χ2n) is 20.7. The quantitative estimate of drug-likeness (QED) is 0.0639. The molecule has 19 nitrogen and oxygen atoms in total. The number of aliphatic hydroxyl groups is 1. The zero-order valence-corrected chi connectivity index (χ0v) is 43.6. The number of ether oxygens (including phenoxy) is 6. The Hall–Kier alpha value is -7.51. The van der Waals surface area contributed by atoms with Crippen LogP contribution in [0.2, 0.25) is 0 Å². The Labute approximate surface area is 442 Å². The molecule has 0 bridgehead atoms. The van der Waals surface area contributed by atoms with Gasteiger partial charge in [-0.1, -0.05) is 44.5 Å². The largest absolute Gasteiger partial charge is 0.497 e. The lowest BCUT2D eigenvalue weighted by atomic mass is 9.97. The Kier molecular flexibility index (Phi) is 15.0. The lowest BCUT2D eigenvalue weighted by Gasteiger charge is -2.31. The van der Waals surface area contributed by atoms with E-state index in [0.717, 1.165) is 54.0 Å². The highest BCUT2D eigenvalue weighted by Crippen LogP contribution is 2.57. The predicted octanol–water partition coefficient (Wildman–Crippen LogP) is 6.93. The molecule has 2 saturated heterocycles. The summed E-state index contributed by atoms with van der Waals surface area (Å²) in [5, 5.41) is 24.6. The molecule has 1 spiro atoms. The SMILES string of the molecule is CC[C@H](C)[C@H](NC(=O)[C@@H]1CCCN1)C(=O)Nc1ccc(COC(=O)N2c3cc(OCCCOc4cc5c(cc4OC)C(=O)N4C=C(c6ccc(OC)cc6)C[C@H]4CN5)c(OC)cc3C(=O)N3CC4(CC4)C[C@H]3C2O)cc1. The maximum Gasteiger partial charge on any atom is 0.416 e. The van der Waals surface area contributed by atoms with E-state index in [-0.39, 0.29) is 89.6 Å². The molecule has 6 aliphatic rings. The highest BCUT2D eigenvalue weighted by atomic mass is 16.6. The van der Waals surface area contributed by atoms with Crippen molar-refractivity contribution >= 4 is 52.4 Å². The smallest absolute Gasteiger partial charge is 0.416 e. The molecule has 3 fully saturated rings. The van der Waals surface area contributed by atoms with Crippen molar-refractivity contribution in [2.75, 3.05) is 69.7 Å². The maximum absolute atomic E-state index is 14.4. The lowest BCUT2D eigenvalue weighted by Crippen LogP contribution is -2.52. The number of fused-ring (bicyclic) bond motifs is 4. The van der Waals surface area contributed by atoms with Crippen LogP contribution in [0.1, 0.15) is 97.1 Å². The summed E-state index contributed by atoms with van der Waals surface area (Å²) in [4.78, 5) is 73.7. The van der Waals surface area contributed by atoms with Gasteiger partial charge < -0.3 is 64.6 Å². The van der Waals surface area contributed by atoms with Crippen LogP contribution >= 0.6 is 0 Å². The van der Waals surface area contributed by atoms with Gasteiger partial charge in [0.2, 0.25) is 11.8 Å². The second-order valence-corrected chi connectivity index (χ2v) is 20.7. The number of benzene rings is 4. The van der Waals surface area contributed by atoms with Crippen molar-refractivity contribution in [3.63, 3.8) is 0 Å². The number of hydrogen-bond acceptors (Lipinski definition) is 14. The summed E-state index contributed by atoms with van der Waals surface area (Å²) in [6, 6.07) is 19.4. The van der Waals surface area contributed by atoms with E-state index in [1.54, 1.807) is 59.4 Å². The van der Waals surface area contributed by atoms with Crippen LogP contribution in [0.5, 0.6) is 28.7 Å². The molecule has 402 valence electrons. The van der Waals surface area contributed by atoms with Crippen molar-refractivity contribution in [3.8, 4) is 28.7 Å². The molecule has 5 amide bonds. The number of rotatable bonds is 18. The summed E-state index contributed by atoms with van der Waals surface area (Å²) in [7, 11) is 4.62. The molecular formula is C57H67N7O12. The third kappa shape index (κ3) is 10.5. The zero-order chi connectivity index (χ0) is 53.3. The first-order valence-electron chi connectivity index (χ1n) is 26.3. The molecule has 5 aliphatic heterocycles. The van der Waals surface area contributed by atoms with Gasteiger partial charge in [0.05, 0.1) is 75.2 Å². The van der Waals surface area contributed by atoms with Gasteiger partial charge in [-0.25, -0.2) is 9.69 Å². The first-order chi connectivity index (χ1) is 36.8. The number of nitrogens with one attached hydrogen (secondary N) is 4. The van der Waals surface area contributed by atoms with Gasteiger partial charge in [0.15, 0.2) is 29.2 Å². The van der Waals surface area contributed by atoms with E-state index in [4.69, 9.17) is 28.4 Å². The number of anilines is 3. The molecule has 0 radical (unpaired) electrons. The van der Waals surface area contributed by atoms with Crippen LogP contribution in [0.15, 0.2) is 79.0 Å². The monoisotopic (exact) mass is 1040 g/mol. The van der Waals surface area contributed by atoms with Gasteiger partial charge in [0.1, 0.15) is 18.4 Å². The first-order valence-corrected chi connectivity index (χ1v) is 26.3. The van der Waals surface area contributed by atoms with E-state index in [1.807, 2.05) is 44.3 Å². The molecule has 5 N–H and O–H groups in total. The molecule has 0 aromatic heterocycles. The van der Waals surface area contributed by atoms with Crippen LogP contribution in [-0.4, -0.2) is 129 Å². The van der Waals surface area contributed by atoms with Crippen molar-refractivity contribution in [3.05, 3.63) is 101 Å². The average Bonchev–Trinajstić information content (AvgIpc) is 3.73. The van der Waals surface area contributed by atoms with Gasteiger partial charge in [0.25, 0.3) is 11.8 Å². The van der Waals surface area contributed by atoms with Crippen molar-refractivity contribution < 1.29 is 57.5 Å². The number of aliphatic hydroxyl groups excluding tert-OH is 1. The highest BCUT2D eigenvalue weighted by molar-refractivity contribution is 6.06. The van der Waals surface area contributed by atoms with Gasteiger partial charge >= 0.3 is 6.09 Å². The molecular weight excluding hydrogens is 975 g/mol. The summed E-state index contributed by atoms with van der Waals surface area (Å²) in [5.74, 6) is 1.01. The van der Waals surface area contributed by atoms with Crippen LogP contribution in [0.3, 0.4) is 0 Å². The first kappa shape index (κ1) is 52.0. The van der Waals surface area contributed by atoms with E-state index in [2.05, 4.69) is 21.3 Å². The molecule has 10 rings (SSSR count). The fourth-order valence-electron chi connectivity index (χ4n) is 11.0. The second kappa shape index (κ2) is 22.0. The molecule has 1 aliphatic carbocycles. The number of hydrogen-bond donors (Lipinski definition) is 5. The molecule has 4 aromatic carbocycles. The van der Waals surface area contributed by atoms with Crippen LogP contribution in [0.4, 0.5) is 21.9 Å². The van der Waals surface area contributed by atoms with Gasteiger partial charge in [-0.05, 0) is 110 Å². The summed E-state index contributed by atoms with van der Waals surface area (Å²) in [5.41, 5.74) is 4.49. The normalized spacial score (nSPS) is 21.6. The minimum absolute atomic E-state index is 0.0802. The molecule has 1 unspecified atom stereocenters. The van der Waals surface area contributed by atoms with Gasteiger partial charge in [-0.15, -0.1) is 0 Å². The minimum Gasteiger partial charge on any atom is -0.497 e. The van der Waals surface area contributed by atoms with Crippen molar-refractivity contribution in [2.45, 2.75) is 102 Å². The zero-order valence-electron chi connectivity index (χ0n) is 43.6. The van der Waals surface area contributed by atoms with Crippen LogP contribution < -0.4 is 49.9 Å². The third-order valence-electron chi connectivity index (χ3n) is 15.8. The Balaban J connectivity index is 0.798. The minimum atomic E-state index is -1.43. The average molecular weight is 1040 g/mol. The van der Waals surface area contributed by atoms with Crippen molar-refractivity contribution in [1.29, 1.82) is 0 Å². The molecule has 19 heteroatoms. The maximum atomic E-state index is 14.4. The predicted molar refractivity (Wildman–Crippen MR) is 283 cm³/mol. The highest BCUT2D eigenvalue weighted by Gasteiger charge is 2.58. The third-order valence-corrected chi connectivity index (χ3v) is 15.8. The summed E-state index contributed by atoms with van der Waals surface area (Å²) in [6.07, 6.45) is 5.42. The fourth-order valence-corrected chi connectivity index (χ4v) is 11.0.